The molecule has 0 atom stereocenters. The molecule has 1 N–H and O–H groups in total. The van der Waals surface area contributed by atoms with E-state index in [1.54, 1.807) is 12.1 Å². The number of halogens is 1. The van der Waals surface area contributed by atoms with Gasteiger partial charge >= 0.3 is 0 Å². The van der Waals surface area contributed by atoms with E-state index in [1.165, 1.54) is 4.68 Å². The Labute approximate surface area is 103 Å². The summed E-state index contributed by atoms with van der Waals surface area (Å²) in [5, 5.41) is 3.77. The summed E-state index contributed by atoms with van der Waals surface area (Å²) in [4.78, 5) is 12.1. The molecule has 1 aromatic heterocycles. The van der Waals surface area contributed by atoms with Gasteiger partial charge in [0.15, 0.2) is 0 Å². The largest absolute Gasteiger partial charge is 0.376 e. The Morgan fingerprint density at radius 2 is 2.06 bits per heavy atom. The Hall–Kier alpha value is -1.52. The van der Waals surface area contributed by atoms with Crippen LogP contribution in [-0.4, -0.2) is 16.4 Å². The summed E-state index contributed by atoms with van der Waals surface area (Å²) >= 11 is 5.82. The monoisotopic (exact) mass is 250 g/mol. The summed E-state index contributed by atoms with van der Waals surface area (Å²) in [6.07, 6.45) is 0.755. The van der Waals surface area contributed by atoms with E-state index in [2.05, 4.69) is 5.10 Å². The predicted octanol–water partition coefficient (Wildman–Crippen LogP) is 1.89. The zero-order valence-corrected chi connectivity index (χ0v) is 9.83. The fraction of sp³-hybridized carbons (Fsp3) is 0.250. The molecular weight excluding hydrogens is 240 g/mol. The quantitative estimate of drug-likeness (QED) is 0.840. The second-order valence-corrected chi connectivity index (χ2v) is 4.42. The van der Waals surface area contributed by atoms with Crippen molar-refractivity contribution in [1.82, 2.24) is 9.78 Å². The van der Waals surface area contributed by atoms with Gasteiger partial charge in [-0.3, -0.25) is 9.89 Å². The summed E-state index contributed by atoms with van der Waals surface area (Å²) < 4.78 is 6.83. The number of ether oxygens (including phenoxy) is 1. The first-order valence-electron chi connectivity index (χ1n) is 5.42. The van der Waals surface area contributed by atoms with E-state index in [4.69, 9.17) is 16.3 Å². The average Bonchev–Trinajstić information content (AvgIpc) is 2.69. The molecular formula is C12H11ClN2O2. The first kappa shape index (κ1) is 10.6. The Bertz CT molecular complexity index is 598. The molecule has 1 aliphatic rings. The summed E-state index contributed by atoms with van der Waals surface area (Å²) in [5.41, 5.74) is 2.44. The van der Waals surface area contributed by atoms with E-state index in [0.717, 1.165) is 23.4 Å². The van der Waals surface area contributed by atoms with Gasteiger partial charge in [0.25, 0.3) is 5.56 Å². The van der Waals surface area contributed by atoms with Gasteiger partial charge in [-0.1, -0.05) is 11.6 Å². The van der Waals surface area contributed by atoms with Crippen molar-refractivity contribution in [3.63, 3.8) is 0 Å². The number of fused-ring (bicyclic) bond motifs is 1. The highest BCUT2D eigenvalue weighted by atomic mass is 35.5. The lowest BCUT2D eigenvalue weighted by atomic mass is 10.2. The summed E-state index contributed by atoms with van der Waals surface area (Å²) in [6.45, 7) is 1.05. The van der Waals surface area contributed by atoms with Gasteiger partial charge in [0, 0.05) is 17.1 Å². The number of aromatic amines is 1. The third kappa shape index (κ3) is 1.79. The molecule has 1 aliphatic heterocycles. The Balaban J connectivity index is 2.12. The zero-order chi connectivity index (χ0) is 11.8. The molecule has 0 bridgehead atoms. The van der Waals surface area contributed by atoms with Crippen LogP contribution in [0.25, 0.3) is 5.69 Å². The van der Waals surface area contributed by atoms with Crippen molar-refractivity contribution < 1.29 is 4.74 Å². The van der Waals surface area contributed by atoms with E-state index in [9.17, 15) is 4.79 Å². The van der Waals surface area contributed by atoms with Gasteiger partial charge in [-0.2, -0.15) is 0 Å². The SMILES string of the molecule is O=c1c2c([nH]n1-c1ccc(Cl)cc1)CCOC2. The van der Waals surface area contributed by atoms with E-state index in [1.807, 2.05) is 12.1 Å². The predicted molar refractivity (Wildman–Crippen MR) is 64.8 cm³/mol. The lowest BCUT2D eigenvalue weighted by Gasteiger charge is -2.08. The molecule has 2 aromatic rings. The van der Waals surface area contributed by atoms with Crippen LogP contribution in [0.4, 0.5) is 0 Å². The van der Waals surface area contributed by atoms with Crippen molar-refractivity contribution in [2.24, 2.45) is 0 Å². The molecule has 0 spiro atoms. The van der Waals surface area contributed by atoms with Crippen molar-refractivity contribution in [2.75, 3.05) is 6.61 Å². The number of H-pyrrole nitrogens is 1. The van der Waals surface area contributed by atoms with Crippen molar-refractivity contribution in [1.29, 1.82) is 0 Å². The van der Waals surface area contributed by atoms with Gasteiger partial charge in [-0.15, -0.1) is 0 Å². The standard InChI is InChI=1S/C12H11ClN2O2/c13-8-1-3-9(4-2-8)15-12(16)10-7-17-6-5-11(10)14-15/h1-4,14H,5-7H2. The molecule has 0 saturated heterocycles. The number of rotatable bonds is 1. The van der Waals surface area contributed by atoms with Crippen LogP contribution in [0.15, 0.2) is 29.1 Å². The van der Waals surface area contributed by atoms with Crippen molar-refractivity contribution in [2.45, 2.75) is 13.0 Å². The van der Waals surface area contributed by atoms with Gasteiger partial charge in [0.05, 0.1) is 24.5 Å². The lowest BCUT2D eigenvalue weighted by molar-refractivity contribution is 0.109. The highest BCUT2D eigenvalue weighted by Gasteiger charge is 2.18. The third-order valence-corrected chi connectivity index (χ3v) is 3.15. The van der Waals surface area contributed by atoms with Crippen LogP contribution in [0.1, 0.15) is 11.3 Å². The van der Waals surface area contributed by atoms with Gasteiger partial charge < -0.3 is 4.74 Å². The Morgan fingerprint density at radius 3 is 2.76 bits per heavy atom. The maximum Gasteiger partial charge on any atom is 0.277 e. The number of nitrogens with one attached hydrogen (secondary N) is 1. The number of hydrogen-bond donors (Lipinski definition) is 1. The minimum absolute atomic E-state index is 0.0398. The second-order valence-electron chi connectivity index (χ2n) is 3.99. The fourth-order valence-corrected chi connectivity index (χ4v) is 2.12. The van der Waals surface area contributed by atoms with Crippen molar-refractivity contribution in [3.05, 3.63) is 50.9 Å². The van der Waals surface area contributed by atoms with Gasteiger partial charge in [0.2, 0.25) is 0 Å². The minimum atomic E-state index is -0.0398. The van der Waals surface area contributed by atoms with E-state index in [0.29, 0.717) is 18.2 Å². The minimum Gasteiger partial charge on any atom is -0.376 e. The van der Waals surface area contributed by atoms with Gasteiger partial charge in [0.1, 0.15) is 0 Å². The first-order valence-corrected chi connectivity index (χ1v) is 5.80. The molecule has 17 heavy (non-hydrogen) atoms. The van der Waals surface area contributed by atoms with E-state index < -0.39 is 0 Å². The van der Waals surface area contributed by atoms with Crippen molar-refractivity contribution >= 4 is 11.6 Å². The maximum absolute atomic E-state index is 12.1. The molecule has 0 unspecified atom stereocenters. The van der Waals surface area contributed by atoms with Crippen molar-refractivity contribution in [3.8, 4) is 5.69 Å². The Kier molecular flexibility index (Phi) is 2.53. The number of hydrogen-bond acceptors (Lipinski definition) is 2. The molecule has 88 valence electrons. The van der Waals surface area contributed by atoms with Crippen LogP contribution in [-0.2, 0) is 17.8 Å². The highest BCUT2D eigenvalue weighted by molar-refractivity contribution is 6.30. The molecule has 0 aliphatic carbocycles. The van der Waals surface area contributed by atoms with Crippen LogP contribution in [0.5, 0.6) is 0 Å². The van der Waals surface area contributed by atoms with Crippen LogP contribution in [0.2, 0.25) is 5.02 Å². The summed E-state index contributed by atoms with van der Waals surface area (Å²) in [5.74, 6) is 0. The molecule has 5 heteroatoms. The number of aromatic nitrogens is 2. The van der Waals surface area contributed by atoms with Crippen LogP contribution < -0.4 is 5.56 Å². The lowest BCUT2D eigenvalue weighted by Crippen LogP contribution is -2.19. The highest BCUT2D eigenvalue weighted by Crippen LogP contribution is 2.15. The van der Waals surface area contributed by atoms with Crippen LogP contribution >= 0.6 is 11.6 Å². The van der Waals surface area contributed by atoms with E-state index >= 15 is 0 Å². The molecule has 3 rings (SSSR count). The summed E-state index contributed by atoms with van der Waals surface area (Å²) in [6, 6.07) is 7.15. The molecule has 0 fully saturated rings. The topological polar surface area (TPSA) is 47.0 Å². The summed E-state index contributed by atoms with van der Waals surface area (Å²) in [7, 11) is 0. The molecule has 1 aromatic carbocycles. The smallest absolute Gasteiger partial charge is 0.277 e. The number of nitrogens with zero attached hydrogens (tertiary/aromatic N) is 1. The first-order chi connectivity index (χ1) is 8.25. The number of benzene rings is 1. The normalized spacial score (nSPS) is 14.6. The molecule has 0 radical (unpaired) electrons. The molecule has 2 heterocycles. The van der Waals surface area contributed by atoms with Gasteiger partial charge in [-0.25, -0.2) is 4.68 Å². The van der Waals surface area contributed by atoms with Gasteiger partial charge in [-0.05, 0) is 24.3 Å². The fourth-order valence-electron chi connectivity index (χ4n) is 1.99. The molecule has 0 amide bonds. The average molecular weight is 251 g/mol. The third-order valence-electron chi connectivity index (χ3n) is 2.90. The maximum atomic E-state index is 12.1. The Morgan fingerprint density at radius 1 is 1.29 bits per heavy atom. The molecule has 4 nitrogen and oxygen atoms in total. The van der Waals surface area contributed by atoms with Crippen LogP contribution in [0, 0.1) is 0 Å². The zero-order valence-electron chi connectivity index (χ0n) is 9.07. The second kappa shape index (κ2) is 4.05. The van der Waals surface area contributed by atoms with E-state index in [-0.39, 0.29) is 5.56 Å². The van der Waals surface area contributed by atoms with Crippen LogP contribution in [0.3, 0.4) is 0 Å². The molecule has 0 saturated carbocycles.